The Bertz CT molecular complexity index is 324. The van der Waals surface area contributed by atoms with Crippen LogP contribution in [0.4, 0.5) is 0 Å². The van der Waals surface area contributed by atoms with Crippen molar-refractivity contribution >= 4 is 0 Å². The maximum atomic E-state index is 4.49. The van der Waals surface area contributed by atoms with Crippen molar-refractivity contribution in [3.8, 4) is 0 Å². The molecular formula is C14H23N3. The summed E-state index contributed by atoms with van der Waals surface area (Å²) < 4.78 is 0. The fourth-order valence-corrected chi connectivity index (χ4v) is 2.32. The Morgan fingerprint density at radius 2 is 2.00 bits per heavy atom. The monoisotopic (exact) mass is 233 g/mol. The Morgan fingerprint density at radius 1 is 1.24 bits per heavy atom. The summed E-state index contributed by atoms with van der Waals surface area (Å²) in [4.78, 5) is 8.99. The van der Waals surface area contributed by atoms with Crippen LogP contribution in [0, 0.1) is 5.92 Å². The highest BCUT2D eigenvalue weighted by atomic mass is 14.9. The first-order chi connectivity index (χ1) is 8.25. The Balaban J connectivity index is 1.93. The van der Waals surface area contributed by atoms with Gasteiger partial charge in [0, 0.05) is 18.8 Å². The zero-order chi connectivity index (χ0) is 12.1. The smallest absolute Gasteiger partial charge is 0.128 e. The lowest BCUT2D eigenvalue weighted by Crippen LogP contribution is -2.15. The van der Waals surface area contributed by atoms with Gasteiger partial charge < -0.3 is 5.32 Å². The average Bonchev–Trinajstić information content (AvgIpc) is 2.58. The second-order valence-electron chi connectivity index (χ2n) is 5.34. The molecule has 1 aromatic rings. The van der Waals surface area contributed by atoms with Crippen molar-refractivity contribution in [2.75, 3.05) is 13.1 Å². The number of rotatable bonds is 3. The van der Waals surface area contributed by atoms with Crippen molar-refractivity contribution in [3.63, 3.8) is 0 Å². The van der Waals surface area contributed by atoms with Gasteiger partial charge >= 0.3 is 0 Å². The SMILES string of the molecule is CC(C)c1cnc(CC2CCCNCC2)nc1. The van der Waals surface area contributed by atoms with E-state index in [-0.39, 0.29) is 0 Å². The Hall–Kier alpha value is -0.960. The van der Waals surface area contributed by atoms with E-state index >= 15 is 0 Å². The van der Waals surface area contributed by atoms with Crippen LogP contribution in [0.15, 0.2) is 12.4 Å². The molecule has 0 saturated carbocycles. The highest BCUT2D eigenvalue weighted by molar-refractivity contribution is 5.09. The highest BCUT2D eigenvalue weighted by Gasteiger charge is 2.14. The Kier molecular flexibility index (Phi) is 4.49. The van der Waals surface area contributed by atoms with Crippen LogP contribution in [-0.4, -0.2) is 23.1 Å². The maximum Gasteiger partial charge on any atom is 0.128 e. The van der Waals surface area contributed by atoms with Gasteiger partial charge in [-0.15, -0.1) is 0 Å². The molecular weight excluding hydrogens is 210 g/mol. The number of nitrogens with zero attached hydrogens (tertiary/aromatic N) is 2. The molecule has 0 aromatic carbocycles. The van der Waals surface area contributed by atoms with E-state index in [1.165, 1.54) is 31.4 Å². The molecule has 1 unspecified atom stereocenters. The van der Waals surface area contributed by atoms with Gasteiger partial charge in [-0.25, -0.2) is 9.97 Å². The molecule has 1 N–H and O–H groups in total. The number of aromatic nitrogens is 2. The standard InChI is InChI=1S/C14H23N3/c1-11(2)13-9-16-14(17-10-13)8-12-4-3-6-15-7-5-12/h9-12,15H,3-8H2,1-2H3. The third-order valence-electron chi connectivity index (χ3n) is 3.56. The minimum absolute atomic E-state index is 0.520. The summed E-state index contributed by atoms with van der Waals surface area (Å²) in [5.41, 5.74) is 1.23. The second kappa shape index (κ2) is 6.10. The minimum Gasteiger partial charge on any atom is -0.317 e. The van der Waals surface area contributed by atoms with Gasteiger partial charge in [0.2, 0.25) is 0 Å². The normalized spacial score (nSPS) is 21.5. The van der Waals surface area contributed by atoms with Gasteiger partial charge in [-0.1, -0.05) is 13.8 Å². The molecule has 2 heterocycles. The van der Waals surface area contributed by atoms with Gasteiger partial charge in [-0.3, -0.25) is 0 Å². The fourth-order valence-electron chi connectivity index (χ4n) is 2.32. The van der Waals surface area contributed by atoms with Crippen LogP contribution in [0.1, 0.15) is 50.4 Å². The molecule has 1 atom stereocenters. The van der Waals surface area contributed by atoms with Crippen molar-refractivity contribution in [1.82, 2.24) is 15.3 Å². The molecule has 1 aliphatic heterocycles. The van der Waals surface area contributed by atoms with Gasteiger partial charge in [0.05, 0.1) is 0 Å². The van der Waals surface area contributed by atoms with E-state index in [0.717, 1.165) is 24.7 Å². The van der Waals surface area contributed by atoms with Crippen LogP contribution in [0.5, 0.6) is 0 Å². The molecule has 3 nitrogen and oxygen atoms in total. The minimum atomic E-state index is 0.520. The quantitative estimate of drug-likeness (QED) is 0.871. The van der Waals surface area contributed by atoms with Crippen LogP contribution >= 0.6 is 0 Å². The van der Waals surface area contributed by atoms with E-state index in [1.807, 2.05) is 12.4 Å². The van der Waals surface area contributed by atoms with E-state index in [2.05, 4.69) is 29.1 Å². The predicted octanol–water partition coefficient (Wildman–Crippen LogP) is 2.53. The molecule has 0 bridgehead atoms. The summed E-state index contributed by atoms with van der Waals surface area (Å²) in [5, 5.41) is 3.45. The second-order valence-corrected chi connectivity index (χ2v) is 5.34. The third kappa shape index (κ3) is 3.77. The molecule has 3 heteroatoms. The summed E-state index contributed by atoms with van der Waals surface area (Å²) in [6.07, 6.45) is 8.87. The molecule has 2 rings (SSSR count). The van der Waals surface area contributed by atoms with E-state index in [9.17, 15) is 0 Å². The zero-order valence-electron chi connectivity index (χ0n) is 10.9. The van der Waals surface area contributed by atoms with Crippen LogP contribution < -0.4 is 5.32 Å². The predicted molar refractivity (Wildman–Crippen MR) is 70.0 cm³/mol. The Labute approximate surface area is 104 Å². The van der Waals surface area contributed by atoms with Crippen molar-refractivity contribution in [3.05, 3.63) is 23.8 Å². The van der Waals surface area contributed by atoms with Crippen molar-refractivity contribution in [1.29, 1.82) is 0 Å². The lowest BCUT2D eigenvalue weighted by molar-refractivity contribution is 0.459. The first-order valence-electron chi connectivity index (χ1n) is 6.77. The number of hydrogen-bond acceptors (Lipinski definition) is 3. The van der Waals surface area contributed by atoms with Crippen LogP contribution in [0.3, 0.4) is 0 Å². The first-order valence-corrected chi connectivity index (χ1v) is 6.77. The van der Waals surface area contributed by atoms with Gasteiger partial charge in [0.1, 0.15) is 5.82 Å². The van der Waals surface area contributed by atoms with Crippen molar-refractivity contribution in [2.24, 2.45) is 5.92 Å². The lowest BCUT2D eigenvalue weighted by atomic mass is 9.96. The molecule has 1 saturated heterocycles. The highest BCUT2D eigenvalue weighted by Crippen LogP contribution is 2.18. The van der Waals surface area contributed by atoms with E-state index in [0.29, 0.717) is 5.92 Å². The topological polar surface area (TPSA) is 37.8 Å². The summed E-state index contributed by atoms with van der Waals surface area (Å²) >= 11 is 0. The molecule has 0 spiro atoms. The maximum absolute atomic E-state index is 4.49. The van der Waals surface area contributed by atoms with Gasteiger partial charge in [-0.2, -0.15) is 0 Å². The Morgan fingerprint density at radius 3 is 2.71 bits per heavy atom. The summed E-state index contributed by atoms with van der Waals surface area (Å²) in [5.74, 6) is 2.29. The summed E-state index contributed by atoms with van der Waals surface area (Å²) in [7, 11) is 0. The van der Waals surface area contributed by atoms with Crippen LogP contribution in [0.25, 0.3) is 0 Å². The van der Waals surface area contributed by atoms with Gasteiger partial charge in [-0.05, 0) is 49.8 Å². The molecule has 0 aliphatic carbocycles. The average molecular weight is 233 g/mol. The summed E-state index contributed by atoms with van der Waals surface area (Å²) in [6.45, 7) is 6.67. The lowest BCUT2D eigenvalue weighted by Gasteiger charge is -2.12. The summed E-state index contributed by atoms with van der Waals surface area (Å²) in [6, 6.07) is 0. The van der Waals surface area contributed by atoms with Gasteiger partial charge in [0.15, 0.2) is 0 Å². The molecule has 1 aliphatic rings. The van der Waals surface area contributed by atoms with Crippen LogP contribution in [-0.2, 0) is 6.42 Å². The van der Waals surface area contributed by atoms with Crippen molar-refractivity contribution < 1.29 is 0 Å². The molecule has 94 valence electrons. The molecule has 0 amide bonds. The number of nitrogens with one attached hydrogen (secondary N) is 1. The largest absolute Gasteiger partial charge is 0.317 e. The first kappa shape index (κ1) is 12.5. The number of hydrogen-bond donors (Lipinski definition) is 1. The molecule has 1 fully saturated rings. The van der Waals surface area contributed by atoms with Gasteiger partial charge in [0.25, 0.3) is 0 Å². The van der Waals surface area contributed by atoms with Crippen molar-refractivity contribution in [2.45, 2.75) is 45.4 Å². The zero-order valence-corrected chi connectivity index (χ0v) is 10.9. The van der Waals surface area contributed by atoms with E-state index in [4.69, 9.17) is 0 Å². The molecule has 17 heavy (non-hydrogen) atoms. The molecule has 0 radical (unpaired) electrons. The molecule has 1 aromatic heterocycles. The fraction of sp³-hybridized carbons (Fsp3) is 0.714. The van der Waals surface area contributed by atoms with Crippen LogP contribution in [0.2, 0.25) is 0 Å². The third-order valence-corrected chi connectivity index (χ3v) is 3.56. The van der Waals surface area contributed by atoms with E-state index < -0.39 is 0 Å². The van der Waals surface area contributed by atoms with E-state index in [1.54, 1.807) is 0 Å².